The summed E-state index contributed by atoms with van der Waals surface area (Å²) in [5.74, 6) is -1.72. The summed E-state index contributed by atoms with van der Waals surface area (Å²) >= 11 is 0. The van der Waals surface area contributed by atoms with Crippen LogP contribution in [0.3, 0.4) is 0 Å². The monoisotopic (exact) mass is 490 g/mol. The molecule has 1 fully saturated rings. The molecule has 1 atom stereocenters. The van der Waals surface area contributed by atoms with Crippen molar-refractivity contribution in [2.45, 2.75) is 52.0 Å². The summed E-state index contributed by atoms with van der Waals surface area (Å²) < 4.78 is 18.1. The largest absolute Gasteiger partial charge is 0.478 e. The van der Waals surface area contributed by atoms with Gasteiger partial charge in [0.05, 0.1) is 23.1 Å². The molecule has 1 amide bonds. The van der Waals surface area contributed by atoms with E-state index in [-0.39, 0.29) is 23.1 Å². The lowest BCUT2D eigenvalue weighted by molar-refractivity contribution is 0.0684. The molecule has 1 aliphatic rings. The zero-order valence-electron chi connectivity index (χ0n) is 20.2. The van der Waals surface area contributed by atoms with E-state index in [4.69, 9.17) is 5.11 Å². The molecule has 186 valence electrons. The second kappa shape index (κ2) is 9.52. The first kappa shape index (κ1) is 23.7. The fourth-order valence-corrected chi connectivity index (χ4v) is 4.68. The third kappa shape index (κ3) is 4.34. The van der Waals surface area contributed by atoms with Gasteiger partial charge in [-0.25, -0.2) is 23.4 Å². The number of carboxylic acid groups (broad SMARTS) is 1. The first-order valence-corrected chi connectivity index (χ1v) is 12.1. The van der Waals surface area contributed by atoms with Crippen molar-refractivity contribution in [3.63, 3.8) is 0 Å². The first-order valence-electron chi connectivity index (χ1n) is 12.1. The zero-order chi connectivity index (χ0) is 25.4. The molecule has 0 saturated carbocycles. The van der Waals surface area contributed by atoms with E-state index in [0.717, 1.165) is 37.9 Å². The van der Waals surface area contributed by atoms with E-state index in [2.05, 4.69) is 22.1 Å². The zero-order valence-corrected chi connectivity index (χ0v) is 20.2. The van der Waals surface area contributed by atoms with Gasteiger partial charge in [-0.05, 0) is 44.4 Å². The Morgan fingerprint density at radius 2 is 2.00 bits per heavy atom. The van der Waals surface area contributed by atoms with E-state index in [1.807, 2.05) is 11.8 Å². The summed E-state index contributed by atoms with van der Waals surface area (Å²) in [6.45, 7) is 4.78. The molecule has 0 bridgehead atoms. The van der Waals surface area contributed by atoms with E-state index in [1.54, 1.807) is 28.8 Å². The Balaban J connectivity index is 1.49. The number of benzene rings is 1. The lowest BCUT2D eigenvalue weighted by Gasteiger charge is -2.27. The maximum atomic E-state index is 15.1. The number of carboxylic acids is 1. The van der Waals surface area contributed by atoms with Gasteiger partial charge in [0.2, 0.25) is 0 Å². The number of hydrogen-bond donors (Lipinski definition) is 1. The van der Waals surface area contributed by atoms with E-state index < -0.39 is 11.8 Å². The van der Waals surface area contributed by atoms with E-state index in [0.29, 0.717) is 29.1 Å². The molecule has 1 N–H and O–H groups in total. The number of rotatable bonds is 5. The number of halogens is 1. The Morgan fingerprint density at radius 3 is 2.72 bits per heavy atom. The maximum absolute atomic E-state index is 15.1. The second-order valence-corrected chi connectivity index (χ2v) is 9.13. The Labute approximate surface area is 207 Å². The predicted molar refractivity (Wildman–Crippen MR) is 131 cm³/mol. The van der Waals surface area contributed by atoms with Gasteiger partial charge in [0.25, 0.3) is 5.91 Å². The van der Waals surface area contributed by atoms with Crippen molar-refractivity contribution in [1.82, 2.24) is 29.3 Å². The van der Waals surface area contributed by atoms with Crippen LogP contribution < -0.4 is 0 Å². The summed E-state index contributed by atoms with van der Waals surface area (Å²) in [5, 5.41) is 17.7. The van der Waals surface area contributed by atoms with Gasteiger partial charge in [0.15, 0.2) is 5.65 Å². The molecule has 0 radical (unpaired) electrons. The van der Waals surface area contributed by atoms with Crippen molar-refractivity contribution in [3.05, 3.63) is 65.5 Å². The Kier molecular flexibility index (Phi) is 6.26. The SMILES string of the molecule is CCc1cc(C(=O)N2CCCCC[C@H]2C)nc2cc(-c3ccc(-n4cc(C(=O)O)cn4)cc3F)nn12. The van der Waals surface area contributed by atoms with Gasteiger partial charge in [-0.2, -0.15) is 10.2 Å². The number of carbonyl (C=O) groups is 2. The number of fused-ring (bicyclic) bond motifs is 1. The van der Waals surface area contributed by atoms with Crippen LogP contribution in [-0.4, -0.2) is 58.8 Å². The summed E-state index contributed by atoms with van der Waals surface area (Å²) in [4.78, 5) is 31.0. The lowest BCUT2D eigenvalue weighted by atomic mass is 10.1. The molecule has 4 heterocycles. The Morgan fingerprint density at radius 1 is 1.17 bits per heavy atom. The molecule has 3 aromatic heterocycles. The van der Waals surface area contributed by atoms with Crippen LogP contribution >= 0.6 is 0 Å². The number of amides is 1. The predicted octanol–water partition coefficient (Wildman–Crippen LogP) is 4.39. The van der Waals surface area contributed by atoms with Crippen LogP contribution in [0.15, 0.2) is 42.7 Å². The van der Waals surface area contributed by atoms with Gasteiger partial charge in [-0.3, -0.25) is 4.79 Å². The summed E-state index contributed by atoms with van der Waals surface area (Å²) in [6.07, 6.45) is 7.37. The lowest BCUT2D eigenvalue weighted by Crippen LogP contribution is -2.38. The molecule has 1 saturated heterocycles. The molecule has 9 nitrogen and oxygen atoms in total. The summed E-state index contributed by atoms with van der Waals surface area (Å²) in [6, 6.07) is 8.12. The second-order valence-electron chi connectivity index (χ2n) is 9.13. The minimum atomic E-state index is -1.11. The maximum Gasteiger partial charge on any atom is 0.338 e. The van der Waals surface area contributed by atoms with Crippen LogP contribution in [0.25, 0.3) is 22.6 Å². The van der Waals surface area contributed by atoms with E-state index in [9.17, 15) is 9.59 Å². The van der Waals surface area contributed by atoms with Crippen molar-refractivity contribution in [2.24, 2.45) is 0 Å². The van der Waals surface area contributed by atoms with E-state index in [1.165, 1.54) is 23.1 Å². The van der Waals surface area contributed by atoms with Crippen LogP contribution in [0.2, 0.25) is 0 Å². The standard InChI is InChI=1S/C26H27FN6O3/c1-3-18-12-23(25(34)31-10-6-4-5-7-16(31)2)29-24-13-22(30-33(18)24)20-9-8-19(11-21(20)27)32-15-17(14-28-32)26(35)36/h8-9,11-16H,3-7,10H2,1-2H3,(H,35,36)/t16-/m1/s1. The highest BCUT2D eigenvalue weighted by Gasteiger charge is 2.25. The quantitative estimate of drug-likeness (QED) is 0.445. The molecule has 0 aliphatic carbocycles. The Hall–Kier alpha value is -4.08. The fourth-order valence-electron chi connectivity index (χ4n) is 4.68. The number of aromatic nitrogens is 5. The van der Waals surface area contributed by atoms with Crippen LogP contribution in [-0.2, 0) is 6.42 Å². The molecule has 1 aromatic carbocycles. The summed E-state index contributed by atoms with van der Waals surface area (Å²) in [5.41, 5.74) is 2.73. The average Bonchev–Trinajstić information content (AvgIpc) is 3.47. The van der Waals surface area contributed by atoms with Gasteiger partial charge in [-0.1, -0.05) is 19.8 Å². The highest BCUT2D eigenvalue weighted by atomic mass is 19.1. The van der Waals surface area contributed by atoms with Crippen LogP contribution in [0.5, 0.6) is 0 Å². The molecule has 0 unspecified atom stereocenters. The number of nitrogens with zero attached hydrogens (tertiary/aromatic N) is 6. The molecular formula is C26H27FN6O3. The van der Waals surface area contributed by atoms with Crippen LogP contribution in [0.1, 0.15) is 66.1 Å². The molecule has 1 aliphatic heterocycles. The average molecular weight is 491 g/mol. The van der Waals surface area contributed by atoms with Crippen molar-refractivity contribution in [3.8, 4) is 16.9 Å². The number of aromatic carboxylic acids is 1. The fraction of sp³-hybridized carbons (Fsp3) is 0.346. The molecule has 10 heteroatoms. The number of hydrogen-bond acceptors (Lipinski definition) is 5. The normalized spacial score (nSPS) is 16.3. The van der Waals surface area contributed by atoms with Crippen LogP contribution in [0, 0.1) is 5.82 Å². The number of carbonyl (C=O) groups excluding carboxylic acids is 1. The van der Waals surface area contributed by atoms with Gasteiger partial charge in [0.1, 0.15) is 11.5 Å². The molecule has 4 aromatic rings. The van der Waals surface area contributed by atoms with Gasteiger partial charge in [-0.15, -0.1) is 0 Å². The highest BCUT2D eigenvalue weighted by Crippen LogP contribution is 2.26. The van der Waals surface area contributed by atoms with Gasteiger partial charge >= 0.3 is 5.97 Å². The van der Waals surface area contributed by atoms with Crippen molar-refractivity contribution in [1.29, 1.82) is 0 Å². The molecule has 0 spiro atoms. The minimum absolute atomic E-state index is 0.0120. The summed E-state index contributed by atoms with van der Waals surface area (Å²) in [7, 11) is 0. The third-order valence-corrected chi connectivity index (χ3v) is 6.72. The van der Waals surface area contributed by atoms with Gasteiger partial charge in [0, 0.05) is 42.2 Å². The Bertz CT molecular complexity index is 1460. The first-order chi connectivity index (χ1) is 17.4. The number of likely N-dealkylation sites (tertiary alicyclic amines) is 1. The third-order valence-electron chi connectivity index (χ3n) is 6.72. The molecule has 36 heavy (non-hydrogen) atoms. The smallest absolute Gasteiger partial charge is 0.338 e. The molecule has 5 rings (SSSR count). The van der Waals surface area contributed by atoms with Crippen molar-refractivity contribution < 1.29 is 19.1 Å². The van der Waals surface area contributed by atoms with Crippen molar-refractivity contribution >= 4 is 17.5 Å². The topological polar surface area (TPSA) is 106 Å². The van der Waals surface area contributed by atoms with Crippen molar-refractivity contribution in [2.75, 3.05) is 6.54 Å². The molecular weight excluding hydrogens is 463 g/mol. The van der Waals surface area contributed by atoms with E-state index >= 15 is 4.39 Å². The minimum Gasteiger partial charge on any atom is -0.478 e. The van der Waals surface area contributed by atoms with Crippen LogP contribution in [0.4, 0.5) is 4.39 Å². The number of aryl methyl sites for hydroxylation is 1. The highest BCUT2D eigenvalue weighted by molar-refractivity contribution is 5.93. The van der Waals surface area contributed by atoms with Gasteiger partial charge < -0.3 is 10.0 Å².